The molecule has 88 valence electrons. The minimum Gasteiger partial charge on any atom is -0.464 e. The van der Waals surface area contributed by atoms with E-state index in [1.807, 2.05) is 0 Å². The molecule has 2 atom stereocenters. The lowest BCUT2D eigenvalue weighted by atomic mass is 10.2. The summed E-state index contributed by atoms with van der Waals surface area (Å²) in [5.74, 6) is -0.391. The van der Waals surface area contributed by atoms with Crippen molar-refractivity contribution in [2.75, 3.05) is 18.1 Å². The molecule has 0 spiro atoms. The molecule has 0 saturated carbocycles. The number of alkyl halides is 1. The maximum absolute atomic E-state index is 13.3. The lowest BCUT2D eigenvalue weighted by Gasteiger charge is -2.20. The number of carbonyl (C=O) groups excluding carboxylic acids is 1. The van der Waals surface area contributed by atoms with E-state index in [1.54, 1.807) is 11.8 Å². The van der Waals surface area contributed by atoms with Crippen molar-refractivity contribution in [2.45, 2.75) is 25.6 Å². The lowest BCUT2D eigenvalue weighted by Crippen LogP contribution is -2.37. The van der Waals surface area contributed by atoms with Crippen LogP contribution in [0.3, 0.4) is 0 Å². The first kappa shape index (κ1) is 11.3. The number of nitrogens with zero attached hydrogens (tertiary/aromatic N) is 3. The van der Waals surface area contributed by atoms with Gasteiger partial charge in [0.05, 0.1) is 13.2 Å². The van der Waals surface area contributed by atoms with Gasteiger partial charge in [0.1, 0.15) is 18.5 Å². The van der Waals surface area contributed by atoms with Gasteiger partial charge in [-0.15, -0.1) is 0 Å². The molecule has 5 nitrogen and oxygen atoms in total. The van der Waals surface area contributed by atoms with Crippen LogP contribution in [0.5, 0.6) is 0 Å². The van der Waals surface area contributed by atoms with E-state index in [-0.39, 0.29) is 13.0 Å². The molecule has 0 aromatic carbocycles. The molecule has 0 amide bonds. The predicted molar refractivity (Wildman–Crippen MR) is 57.2 cm³/mol. The third-order valence-corrected chi connectivity index (χ3v) is 3.11. The molecule has 2 heterocycles. The van der Waals surface area contributed by atoms with Gasteiger partial charge in [-0.05, 0) is 6.92 Å². The second kappa shape index (κ2) is 4.73. The summed E-state index contributed by atoms with van der Waals surface area (Å²) < 4.78 is 22.1. The molecule has 7 heteroatoms. The Hall–Kier alpha value is -1.24. The van der Waals surface area contributed by atoms with Gasteiger partial charge in [0.2, 0.25) is 5.13 Å². The summed E-state index contributed by atoms with van der Waals surface area (Å²) in [6.07, 6.45) is 0.546. The zero-order valence-corrected chi connectivity index (χ0v) is 9.61. The molecule has 1 aliphatic rings. The largest absolute Gasteiger partial charge is 0.464 e. The van der Waals surface area contributed by atoms with E-state index in [2.05, 4.69) is 9.36 Å². The first-order valence-corrected chi connectivity index (χ1v) is 5.83. The monoisotopic (exact) mass is 245 g/mol. The van der Waals surface area contributed by atoms with E-state index >= 15 is 0 Å². The minimum atomic E-state index is -1.02. The van der Waals surface area contributed by atoms with Crippen LogP contribution in [0.4, 0.5) is 9.52 Å². The maximum atomic E-state index is 13.3. The first-order chi connectivity index (χ1) is 7.72. The molecule has 2 rings (SSSR count). The van der Waals surface area contributed by atoms with Gasteiger partial charge in [0, 0.05) is 18.0 Å². The van der Waals surface area contributed by atoms with Crippen LogP contribution in [0.25, 0.3) is 0 Å². The van der Waals surface area contributed by atoms with Crippen molar-refractivity contribution >= 4 is 22.6 Å². The van der Waals surface area contributed by atoms with Crippen LogP contribution in [0, 0.1) is 0 Å². The van der Waals surface area contributed by atoms with E-state index in [0.717, 1.165) is 11.5 Å². The van der Waals surface area contributed by atoms with E-state index in [0.29, 0.717) is 11.7 Å². The molecule has 1 aromatic heterocycles. The van der Waals surface area contributed by atoms with Gasteiger partial charge in [-0.2, -0.15) is 4.37 Å². The number of ether oxygens (including phenoxy) is 1. The van der Waals surface area contributed by atoms with E-state index in [1.165, 1.54) is 6.33 Å². The molecule has 0 N–H and O–H groups in total. The Morgan fingerprint density at radius 2 is 2.62 bits per heavy atom. The number of anilines is 1. The summed E-state index contributed by atoms with van der Waals surface area (Å²) in [5, 5.41) is 0.568. The molecular weight excluding hydrogens is 233 g/mol. The van der Waals surface area contributed by atoms with Gasteiger partial charge < -0.3 is 9.64 Å². The Morgan fingerprint density at radius 3 is 3.25 bits per heavy atom. The van der Waals surface area contributed by atoms with Gasteiger partial charge in [0.25, 0.3) is 0 Å². The number of rotatable bonds is 3. The number of carbonyl (C=O) groups is 1. The van der Waals surface area contributed by atoms with Crippen molar-refractivity contribution in [1.82, 2.24) is 9.36 Å². The normalized spacial score (nSPS) is 24.8. The number of aromatic nitrogens is 2. The second-order valence-electron chi connectivity index (χ2n) is 3.48. The van der Waals surface area contributed by atoms with Crippen molar-refractivity contribution in [3.05, 3.63) is 6.33 Å². The van der Waals surface area contributed by atoms with Gasteiger partial charge in [-0.1, -0.05) is 0 Å². The van der Waals surface area contributed by atoms with Crippen molar-refractivity contribution < 1.29 is 13.9 Å². The Balaban J connectivity index is 2.13. The molecule has 0 unspecified atom stereocenters. The van der Waals surface area contributed by atoms with Crippen LogP contribution >= 0.6 is 11.5 Å². The third-order valence-electron chi connectivity index (χ3n) is 2.40. The zero-order chi connectivity index (χ0) is 11.5. The van der Waals surface area contributed by atoms with Crippen LogP contribution in [-0.2, 0) is 9.53 Å². The third kappa shape index (κ3) is 2.13. The molecule has 0 aliphatic carbocycles. The zero-order valence-electron chi connectivity index (χ0n) is 8.80. The Bertz CT molecular complexity index is 360. The van der Waals surface area contributed by atoms with E-state index in [9.17, 15) is 9.18 Å². The van der Waals surface area contributed by atoms with Gasteiger partial charge in [-0.25, -0.2) is 14.2 Å². The highest BCUT2D eigenvalue weighted by Gasteiger charge is 2.39. The van der Waals surface area contributed by atoms with Crippen LogP contribution in [0.1, 0.15) is 13.3 Å². The smallest absolute Gasteiger partial charge is 0.328 e. The first-order valence-electron chi connectivity index (χ1n) is 5.06. The SMILES string of the molecule is CCOC(=O)[C@@H]1C[C@H](F)CN1c1ncns1. The summed E-state index contributed by atoms with van der Waals surface area (Å²) in [6, 6.07) is -0.567. The van der Waals surface area contributed by atoms with Crippen LogP contribution < -0.4 is 4.90 Å². The topological polar surface area (TPSA) is 55.3 Å². The summed E-state index contributed by atoms with van der Waals surface area (Å²) in [4.78, 5) is 17.2. The Morgan fingerprint density at radius 1 is 1.81 bits per heavy atom. The predicted octanol–water partition coefficient (Wildman–Crippen LogP) is 1.02. The van der Waals surface area contributed by atoms with Gasteiger partial charge in [0.15, 0.2) is 0 Å². The molecule has 16 heavy (non-hydrogen) atoms. The highest BCUT2D eigenvalue weighted by Crippen LogP contribution is 2.28. The molecular formula is C9H12FN3O2S. The van der Waals surface area contributed by atoms with Crippen molar-refractivity contribution in [3.63, 3.8) is 0 Å². The lowest BCUT2D eigenvalue weighted by molar-refractivity contribution is -0.144. The highest BCUT2D eigenvalue weighted by atomic mass is 32.1. The number of hydrogen-bond acceptors (Lipinski definition) is 6. The fourth-order valence-corrected chi connectivity index (χ4v) is 2.34. The summed E-state index contributed by atoms with van der Waals surface area (Å²) >= 11 is 1.15. The minimum absolute atomic E-state index is 0.165. The fraction of sp³-hybridized carbons (Fsp3) is 0.667. The maximum Gasteiger partial charge on any atom is 0.328 e. The molecule has 0 radical (unpaired) electrons. The van der Waals surface area contributed by atoms with Gasteiger partial charge >= 0.3 is 5.97 Å². The number of hydrogen-bond donors (Lipinski definition) is 0. The molecule has 0 bridgehead atoms. The fourth-order valence-electron chi connectivity index (χ4n) is 1.75. The number of halogens is 1. The Labute approximate surface area is 96.4 Å². The Kier molecular flexibility index (Phi) is 3.33. The summed E-state index contributed by atoms with van der Waals surface area (Å²) in [7, 11) is 0. The second-order valence-corrected chi connectivity index (χ2v) is 4.24. The summed E-state index contributed by atoms with van der Waals surface area (Å²) in [6.45, 7) is 2.21. The summed E-state index contributed by atoms with van der Waals surface area (Å²) in [5.41, 5.74) is 0. The van der Waals surface area contributed by atoms with E-state index in [4.69, 9.17) is 4.74 Å². The average molecular weight is 245 g/mol. The quantitative estimate of drug-likeness (QED) is 0.744. The van der Waals surface area contributed by atoms with Crippen LogP contribution in [-0.4, -0.2) is 40.7 Å². The van der Waals surface area contributed by atoms with E-state index < -0.39 is 18.2 Å². The van der Waals surface area contributed by atoms with Crippen molar-refractivity contribution in [1.29, 1.82) is 0 Å². The van der Waals surface area contributed by atoms with Crippen molar-refractivity contribution in [2.24, 2.45) is 0 Å². The molecule has 1 fully saturated rings. The van der Waals surface area contributed by atoms with Crippen LogP contribution in [0.15, 0.2) is 6.33 Å². The molecule has 1 aliphatic heterocycles. The highest BCUT2D eigenvalue weighted by molar-refractivity contribution is 7.09. The molecule has 1 aromatic rings. The average Bonchev–Trinajstić information content (AvgIpc) is 2.85. The van der Waals surface area contributed by atoms with Crippen LogP contribution in [0.2, 0.25) is 0 Å². The van der Waals surface area contributed by atoms with Gasteiger partial charge in [-0.3, -0.25) is 0 Å². The molecule has 1 saturated heterocycles. The van der Waals surface area contributed by atoms with Crippen molar-refractivity contribution in [3.8, 4) is 0 Å². The number of esters is 1. The standard InChI is InChI=1S/C9H12FN3O2S/c1-2-15-8(14)7-3-6(10)4-13(7)9-11-5-12-16-9/h5-7H,2-4H2,1H3/t6-,7-/m0/s1.